The first-order chi connectivity index (χ1) is 8.72. The topological polar surface area (TPSA) is 25.8 Å². The lowest BCUT2D eigenvalue weighted by molar-refractivity contribution is 0.625. The molecule has 0 atom stereocenters. The molecule has 3 rings (SSSR count). The van der Waals surface area contributed by atoms with Gasteiger partial charge in [-0.2, -0.15) is 0 Å². The lowest BCUT2D eigenvalue weighted by Crippen LogP contribution is -2.02. The average Bonchev–Trinajstić information content (AvgIpc) is 2.77. The molecule has 1 aliphatic rings. The van der Waals surface area contributed by atoms with Crippen LogP contribution in [-0.4, -0.2) is 9.97 Å². The van der Waals surface area contributed by atoms with Gasteiger partial charge in [0.25, 0.3) is 0 Å². The molecule has 1 aromatic carbocycles. The first kappa shape index (κ1) is 11.6. The van der Waals surface area contributed by atoms with Crippen LogP contribution in [0.25, 0.3) is 0 Å². The second-order valence-corrected chi connectivity index (χ2v) is 4.87. The zero-order valence-corrected chi connectivity index (χ0v) is 10.5. The lowest BCUT2D eigenvalue weighted by atomic mass is 10.1. The Morgan fingerprint density at radius 3 is 2.94 bits per heavy atom. The standard InChI is InChI=1S/C14H12ClFN2/c15-14-11-5-2-6-12(11)17-13(18-14)8-9-3-1-4-10(16)7-9/h1,3-4,7H,2,5-6,8H2. The molecule has 0 N–H and O–H groups in total. The van der Waals surface area contributed by atoms with Crippen molar-refractivity contribution in [3.63, 3.8) is 0 Å². The fraction of sp³-hybridized carbons (Fsp3) is 0.286. The number of halogens is 2. The number of aryl methyl sites for hydroxylation is 1. The van der Waals surface area contributed by atoms with E-state index in [1.54, 1.807) is 6.07 Å². The molecule has 1 aliphatic carbocycles. The maximum atomic E-state index is 13.1. The molecule has 2 nitrogen and oxygen atoms in total. The van der Waals surface area contributed by atoms with Crippen molar-refractivity contribution in [1.82, 2.24) is 9.97 Å². The van der Waals surface area contributed by atoms with Crippen LogP contribution in [-0.2, 0) is 19.3 Å². The molecule has 0 saturated heterocycles. The molecule has 0 spiro atoms. The van der Waals surface area contributed by atoms with Gasteiger partial charge in [0.05, 0.1) is 0 Å². The van der Waals surface area contributed by atoms with Gasteiger partial charge in [-0.05, 0) is 37.0 Å². The van der Waals surface area contributed by atoms with Crippen LogP contribution in [0.15, 0.2) is 24.3 Å². The van der Waals surface area contributed by atoms with Crippen LogP contribution in [0.5, 0.6) is 0 Å². The summed E-state index contributed by atoms with van der Waals surface area (Å²) in [7, 11) is 0. The van der Waals surface area contributed by atoms with Gasteiger partial charge in [0, 0.05) is 17.7 Å². The Hall–Kier alpha value is -1.48. The SMILES string of the molecule is Fc1cccc(Cc2nc(Cl)c3c(n2)CCC3)c1. The van der Waals surface area contributed by atoms with Gasteiger partial charge in [-0.25, -0.2) is 14.4 Å². The van der Waals surface area contributed by atoms with Gasteiger partial charge in [0.15, 0.2) is 0 Å². The summed E-state index contributed by atoms with van der Waals surface area (Å²) in [6.07, 6.45) is 3.54. The highest BCUT2D eigenvalue weighted by atomic mass is 35.5. The van der Waals surface area contributed by atoms with E-state index in [1.807, 2.05) is 6.07 Å². The van der Waals surface area contributed by atoms with E-state index >= 15 is 0 Å². The average molecular weight is 263 g/mol. The Kier molecular flexibility index (Phi) is 3.00. The van der Waals surface area contributed by atoms with Gasteiger partial charge >= 0.3 is 0 Å². The molecule has 0 unspecified atom stereocenters. The minimum Gasteiger partial charge on any atom is -0.237 e. The summed E-state index contributed by atoms with van der Waals surface area (Å²) >= 11 is 6.15. The van der Waals surface area contributed by atoms with Crippen molar-refractivity contribution in [3.05, 3.63) is 57.9 Å². The Morgan fingerprint density at radius 2 is 2.11 bits per heavy atom. The first-order valence-corrected chi connectivity index (χ1v) is 6.39. The van der Waals surface area contributed by atoms with Crippen LogP contribution in [0.1, 0.15) is 29.1 Å². The van der Waals surface area contributed by atoms with Crippen molar-refractivity contribution in [2.45, 2.75) is 25.7 Å². The molecule has 0 radical (unpaired) electrons. The molecule has 1 aromatic heterocycles. The smallest absolute Gasteiger partial charge is 0.136 e. The van der Waals surface area contributed by atoms with Crippen LogP contribution in [0.3, 0.4) is 0 Å². The van der Waals surface area contributed by atoms with Gasteiger partial charge in [0.2, 0.25) is 0 Å². The molecule has 0 bridgehead atoms. The zero-order chi connectivity index (χ0) is 12.5. The molecule has 4 heteroatoms. The zero-order valence-electron chi connectivity index (χ0n) is 9.79. The van der Waals surface area contributed by atoms with E-state index in [2.05, 4.69) is 9.97 Å². The molecular weight excluding hydrogens is 251 g/mol. The Labute approximate surface area is 110 Å². The fourth-order valence-electron chi connectivity index (χ4n) is 2.34. The highest BCUT2D eigenvalue weighted by Crippen LogP contribution is 2.26. The van der Waals surface area contributed by atoms with Crippen molar-refractivity contribution in [2.24, 2.45) is 0 Å². The molecule has 92 valence electrons. The number of aromatic nitrogens is 2. The lowest BCUT2D eigenvalue weighted by Gasteiger charge is -2.05. The van der Waals surface area contributed by atoms with Gasteiger partial charge in [0.1, 0.15) is 16.8 Å². The second-order valence-electron chi connectivity index (χ2n) is 4.52. The van der Waals surface area contributed by atoms with E-state index in [4.69, 9.17) is 11.6 Å². The second kappa shape index (κ2) is 4.65. The third kappa shape index (κ3) is 2.23. The van der Waals surface area contributed by atoms with E-state index < -0.39 is 0 Å². The normalized spacial score (nSPS) is 13.7. The molecule has 0 amide bonds. The molecule has 2 aromatic rings. The number of hydrogen-bond donors (Lipinski definition) is 0. The van der Waals surface area contributed by atoms with Gasteiger partial charge < -0.3 is 0 Å². The summed E-state index contributed by atoms with van der Waals surface area (Å²) < 4.78 is 13.1. The summed E-state index contributed by atoms with van der Waals surface area (Å²) in [5.74, 6) is 0.436. The summed E-state index contributed by atoms with van der Waals surface area (Å²) in [5, 5.41) is 0.559. The van der Waals surface area contributed by atoms with Crippen LogP contribution in [0.4, 0.5) is 4.39 Å². The van der Waals surface area contributed by atoms with E-state index in [-0.39, 0.29) is 5.82 Å². The summed E-state index contributed by atoms with van der Waals surface area (Å²) in [4.78, 5) is 8.82. The van der Waals surface area contributed by atoms with Crippen LogP contribution >= 0.6 is 11.6 Å². The minimum atomic E-state index is -0.236. The predicted octanol–water partition coefficient (Wildman–Crippen LogP) is 3.35. The van der Waals surface area contributed by atoms with Gasteiger partial charge in [-0.15, -0.1) is 0 Å². The summed E-state index contributed by atoms with van der Waals surface area (Å²) in [5.41, 5.74) is 3.00. The predicted molar refractivity (Wildman–Crippen MR) is 68.3 cm³/mol. The number of nitrogens with zero attached hydrogens (tertiary/aromatic N) is 2. The molecule has 18 heavy (non-hydrogen) atoms. The van der Waals surface area contributed by atoms with Crippen molar-refractivity contribution in [3.8, 4) is 0 Å². The van der Waals surface area contributed by atoms with E-state index in [1.165, 1.54) is 12.1 Å². The fourth-order valence-corrected chi connectivity index (χ4v) is 2.64. The first-order valence-electron chi connectivity index (χ1n) is 6.01. The van der Waals surface area contributed by atoms with E-state index in [0.717, 1.165) is 36.1 Å². The summed E-state index contributed by atoms with van der Waals surface area (Å²) in [6.45, 7) is 0. The molecule has 0 aliphatic heterocycles. The van der Waals surface area contributed by atoms with Crippen molar-refractivity contribution < 1.29 is 4.39 Å². The van der Waals surface area contributed by atoms with Crippen molar-refractivity contribution in [1.29, 1.82) is 0 Å². The third-order valence-electron chi connectivity index (χ3n) is 3.18. The molecule has 1 heterocycles. The number of hydrogen-bond acceptors (Lipinski definition) is 2. The highest BCUT2D eigenvalue weighted by molar-refractivity contribution is 6.30. The van der Waals surface area contributed by atoms with Crippen LogP contribution < -0.4 is 0 Å². The van der Waals surface area contributed by atoms with Crippen LogP contribution in [0.2, 0.25) is 5.15 Å². The van der Waals surface area contributed by atoms with Crippen LogP contribution in [0, 0.1) is 5.82 Å². The van der Waals surface area contributed by atoms with Crippen molar-refractivity contribution >= 4 is 11.6 Å². The molecular formula is C14H12ClFN2. The monoisotopic (exact) mass is 262 g/mol. The Bertz CT molecular complexity index is 598. The summed E-state index contributed by atoms with van der Waals surface area (Å²) in [6, 6.07) is 6.50. The van der Waals surface area contributed by atoms with E-state index in [9.17, 15) is 4.39 Å². The van der Waals surface area contributed by atoms with Gasteiger partial charge in [-0.1, -0.05) is 23.7 Å². The highest BCUT2D eigenvalue weighted by Gasteiger charge is 2.18. The maximum absolute atomic E-state index is 13.1. The number of fused-ring (bicyclic) bond motifs is 1. The maximum Gasteiger partial charge on any atom is 0.136 e. The van der Waals surface area contributed by atoms with E-state index in [0.29, 0.717) is 17.4 Å². The van der Waals surface area contributed by atoms with Gasteiger partial charge in [-0.3, -0.25) is 0 Å². The quantitative estimate of drug-likeness (QED) is 0.776. The number of benzene rings is 1. The van der Waals surface area contributed by atoms with Crippen molar-refractivity contribution in [2.75, 3.05) is 0 Å². The minimum absolute atomic E-state index is 0.236. The third-order valence-corrected chi connectivity index (χ3v) is 3.49. The molecule has 0 fully saturated rings. The Morgan fingerprint density at radius 1 is 1.22 bits per heavy atom. The number of rotatable bonds is 2. The molecule has 0 saturated carbocycles. The Balaban J connectivity index is 1.92. The largest absolute Gasteiger partial charge is 0.237 e.